The summed E-state index contributed by atoms with van der Waals surface area (Å²) in [6.07, 6.45) is 1.70. The molecule has 0 spiro atoms. The first-order valence-electron chi connectivity index (χ1n) is 6.60. The molecule has 0 saturated carbocycles. The van der Waals surface area contributed by atoms with Gasteiger partial charge in [0.05, 0.1) is 25.9 Å². The lowest BCUT2D eigenvalue weighted by molar-refractivity contribution is -0.0386. The van der Waals surface area contributed by atoms with Gasteiger partial charge < -0.3 is 19.9 Å². The third-order valence-electron chi connectivity index (χ3n) is 3.90. The Balaban J connectivity index is 3.20. The number of rotatable bonds is 7. The molecular weight excluding hydrogens is 242 g/mol. The van der Waals surface area contributed by atoms with Crippen molar-refractivity contribution in [2.45, 2.75) is 38.3 Å². The Kier molecular flexibility index (Phi) is 5.63. The first-order valence-corrected chi connectivity index (χ1v) is 6.60. The highest BCUT2D eigenvalue weighted by Crippen LogP contribution is 2.36. The molecule has 1 atom stereocenters. The zero-order valence-electron chi connectivity index (χ0n) is 12.5. The molecule has 4 nitrogen and oxygen atoms in total. The van der Waals surface area contributed by atoms with Crippen LogP contribution in [0.3, 0.4) is 0 Å². The molecule has 0 radical (unpaired) electrons. The van der Waals surface area contributed by atoms with E-state index in [0.717, 1.165) is 29.9 Å². The Morgan fingerprint density at radius 1 is 1.00 bits per heavy atom. The van der Waals surface area contributed by atoms with Crippen molar-refractivity contribution in [2.24, 2.45) is 5.73 Å². The van der Waals surface area contributed by atoms with Crippen LogP contribution in [0.15, 0.2) is 18.2 Å². The summed E-state index contributed by atoms with van der Waals surface area (Å²) in [5, 5.41) is 0. The van der Waals surface area contributed by atoms with Crippen molar-refractivity contribution in [2.75, 3.05) is 21.3 Å². The van der Waals surface area contributed by atoms with E-state index in [1.54, 1.807) is 21.3 Å². The van der Waals surface area contributed by atoms with Crippen molar-refractivity contribution < 1.29 is 14.2 Å². The number of benzene rings is 1. The molecule has 0 heterocycles. The van der Waals surface area contributed by atoms with Crippen molar-refractivity contribution in [3.8, 4) is 11.5 Å². The van der Waals surface area contributed by atoms with Crippen LogP contribution in [0.2, 0.25) is 0 Å². The number of hydrogen-bond acceptors (Lipinski definition) is 4. The SMILES string of the molecule is CCC(CC)(OC)C(N)c1cc(OC)cc(OC)c1. The number of nitrogens with two attached hydrogens (primary N) is 1. The Bertz CT molecular complexity index is 372. The van der Waals surface area contributed by atoms with Gasteiger partial charge in [-0.1, -0.05) is 13.8 Å². The lowest BCUT2D eigenvalue weighted by Gasteiger charge is -2.36. The molecule has 0 amide bonds. The predicted molar refractivity (Wildman–Crippen MR) is 76.8 cm³/mol. The molecule has 0 aliphatic carbocycles. The van der Waals surface area contributed by atoms with E-state index in [-0.39, 0.29) is 11.6 Å². The minimum absolute atomic E-state index is 0.225. The van der Waals surface area contributed by atoms with Crippen LogP contribution < -0.4 is 15.2 Å². The largest absolute Gasteiger partial charge is 0.497 e. The summed E-state index contributed by atoms with van der Waals surface area (Å²) >= 11 is 0. The van der Waals surface area contributed by atoms with Gasteiger partial charge in [-0.15, -0.1) is 0 Å². The Hall–Kier alpha value is -1.26. The molecule has 0 bridgehead atoms. The van der Waals surface area contributed by atoms with Crippen LogP contribution >= 0.6 is 0 Å². The maximum absolute atomic E-state index is 6.42. The summed E-state index contributed by atoms with van der Waals surface area (Å²) < 4.78 is 16.3. The summed E-state index contributed by atoms with van der Waals surface area (Å²) in [6.45, 7) is 4.18. The Morgan fingerprint density at radius 3 is 1.79 bits per heavy atom. The van der Waals surface area contributed by atoms with Crippen molar-refractivity contribution >= 4 is 0 Å². The van der Waals surface area contributed by atoms with Crippen molar-refractivity contribution in [1.82, 2.24) is 0 Å². The van der Waals surface area contributed by atoms with Crippen molar-refractivity contribution in [3.05, 3.63) is 23.8 Å². The van der Waals surface area contributed by atoms with Gasteiger partial charge in [-0.2, -0.15) is 0 Å². The minimum Gasteiger partial charge on any atom is -0.497 e. The van der Waals surface area contributed by atoms with E-state index >= 15 is 0 Å². The van der Waals surface area contributed by atoms with Gasteiger partial charge in [0.15, 0.2) is 0 Å². The second-order valence-corrected chi connectivity index (χ2v) is 4.60. The molecule has 1 rings (SSSR count). The second kappa shape index (κ2) is 6.78. The highest BCUT2D eigenvalue weighted by atomic mass is 16.5. The van der Waals surface area contributed by atoms with E-state index in [1.165, 1.54) is 0 Å². The van der Waals surface area contributed by atoms with Crippen LogP contribution in [0.5, 0.6) is 11.5 Å². The molecule has 4 heteroatoms. The fraction of sp³-hybridized carbons (Fsp3) is 0.600. The number of methoxy groups -OCH3 is 3. The zero-order valence-corrected chi connectivity index (χ0v) is 12.5. The van der Waals surface area contributed by atoms with Gasteiger partial charge in [0.1, 0.15) is 11.5 Å². The van der Waals surface area contributed by atoms with Crippen molar-refractivity contribution in [3.63, 3.8) is 0 Å². The highest BCUT2D eigenvalue weighted by Gasteiger charge is 2.34. The Labute approximate surface area is 115 Å². The zero-order chi connectivity index (χ0) is 14.5. The van der Waals surface area contributed by atoms with Gasteiger partial charge in [0.25, 0.3) is 0 Å². The molecule has 0 fully saturated rings. The van der Waals surface area contributed by atoms with Crippen LogP contribution in [-0.2, 0) is 4.74 Å². The smallest absolute Gasteiger partial charge is 0.122 e. The van der Waals surface area contributed by atoms with E-state index in [1.807, 2.05) is 18.2 Å². The quantitative estimate of drug-likeness (QED) is 0.825. The van der Waals surface area contributed by atoms with Gasteiger partial charge >= 0.3 is 0 Å². The van der Waals surface area contributed by atoms with Crippen LogP contribution in [0.25, 0.3) is 0 Å². The first kappa shape index (κ1) is 15.8. The monoisotopic (exact) mass is 267 g/mol. The average molecular weight is 267 g/mol. The molecule has 1 aromatic carbocycles. The van der Waals surface area contributed by atoms with Crippen LogP contribution in [0, 0.1) is 0 Å². The van der Waals surface area contributed by atoms with Crippen LogP contribution in [0.1, 0.15) is 38.3 Å². The molecule has 1 aromatic rings. The molecule has 108 valence electrons. The fourth-order valence-corrected chi connectivity index (χ4v) is 2.42. The molecular formula is C15H25NO3. The van der Waals surface area contributed by atoms with Gasteiger partial charge in [-0.3, -0.25) is 0 Å². The first-order chi connectivity index (χ1) is 9.06. The Morgan fingerprint density at radius 2 is 1.47 bits per heavy atom. The van der Waals surface area contributed by atoms with E-state index in [0.29, 0.717) is 0 Å². The fourth-order valence-electron chi connectivity index (χ4n) is 2.42. The summed E-state index contributed by atoms with van der Waals surface area (Å²) in [6, 6.07) is 5.48. The summed E-state index contributed by atoms with van der Waals surface area (Å²) in [7, 11) is 4.98. The highest BCUT2D eigenvalue weighted by molar-refractivity contribution is 5.40. The maximum Gasteiger partial charge on any atom is 0.122 e. The average Bonchev–Trinajstić information content (AvgIpc) is 2.48. The molecule has 0 aliphatic heterocycles. The minimum atomic E-state index is -0.364. The maximum atomic E-state index is 6.42. The molecule has 0 aliphatic rings. The summed E-state index contributed by atoms with van der Waals surface area (Å²) in [4.78, 5) is 0. The van der Waals surface area contributed by atoms with E-state index in [4.69, 9.17) is 19.9 Å². The molecule has 2 N–H and O–H groups in total. The lowest BCUT2D eigenvalue weighted by Crippen LogP contribution is -2.42. The van der Waals surface area contributed by atoms with E-state index in [9.17, 15) is 0 Å². The summed E-state index contributed by atoms with van der Waals surface area (Å²) in [5.74, 6) is 1.48. The van der Waals surface area contributed by atoms with Gasteiger partial charge in [0, 0.05) is 13.2 Å². The molecule has 19 heavy (non-hydrogen) atoms. The number of hydrogen-bond donors (Lipinski definition) is 1. The lowest BCUT2D eigenvalue weighted by atomic mass is 9.84. The van der Waals surface area contributed by atoms with Crippen LogP contribution in [-0.4, -0.2) is 26.9 Å². The molecule has 1 unspecified atom stereocenters. The van der Waals surface area contributed by atoms with Crippen molar-refractivity contribution in [1.29, 1.82) is 0 Å². The van der Waals surface area contributed by atoms with Gasteiger partial charge in [0.2, 0.25) is 0 Å². The van der Waals surface area contributed by atoms with Gasteiger partial charge in [-0.05, 0) is 30.5 Å². The van der Waals surface area contributed by atoms with Crippen LogP contribution in [0.4, 0.5) is 0 Å². The van der Waals surface area contributed by atoms with Gasteiger partial charge in [-0.25, -0.2) is 0 Å². The predicted octanol–water partition coefficient (Wildman–Crippen LogP) is 2.91. The number of ether oxygens (including phenoxy) is 3. The summed E-state index contributed by atoms with van der Waals surface area (Å²) in [5.41, 5.74) is 7.01. The molecule has 0 aromatic heterocycles. The normalized spacial score (nSPS) is 13.2. The standard InChI is InChI=1S/C15H25NO3/c1-6-15(7-2,19-5)14(16)11-8-12(17-3)10-13(9-11)18-4/h8-10,14H,6-7,16H2,1-5H3. The topological polar surface area (TPSA) is 53.7 Å². The second-order valence-electron chi connectivity index (χ2n) is 4.60. The third-order valence-corrected chi connectivity index (χ3v) is 3.90. The van der Waals surface area contributed by atoms with E-state index < -0.39 is 0 Å². The molecule has 0 saturated heterocycles. The third kappa shape index (κ3) is 3.19. The van der Waals surface area contributed by atoms with E-state index in [2.05, 4.69) is 13.8 Å².